The monoisotopic (exact) mass is 339 g/mol. The number of esters is 1. The normalized spacial score (nSPS) is 13.8. The summed E-state index contributed by atoms with van der Waals surface area (Å²) in [5.41, 5.74) is 0.596. The fourth-order valence-corrected chi connectivity index (χ4v) is 3.51. The van der Waals surface area contributed by atoms with Crippen molar-refractivity contribution >= 4 is 34.4 Å². The van der Waals surface area contributed by atoms with Crippen molar-refractivity contribution in [2.45, 2.75) is 18.5 Å². The number of carbonyl (C=O) groups is 2. The van der Waals surface area contributed by atoms with Gasteiger partial charge in [-0.2, -0.15) is 4.68 Å². The molecule has 4 rings (SSSR count). The minimum absolute atomic E-state index is 0.0719. The van der Waals surface area contributed by atoms with E-state index in [4.69, 9.17) is 4.74 Å². The highest BCUT2D eigenvalue weighted by atomic mass is 32.2. The summed E-state index contributed by atoms with van der Waals surface area (Å²) < 4.78 is 6.68. The molecule has 0 amide bonds. The Kier molecular flexibility index (Phi) is 3.57. The number of nitrogens with zero attached hydrogens (tertiary/aromatic N) is 3. The Hall–Kier alpha value is -2.67. The van der Waals surface area contributed by atoms with Gasteiger partial charge in [-0.3, -0.25) is 9.59 Å². The Morgan fingerprint density at radius 1 is 1.25 bits per heavy atom. The lowest BCUT2D eigenvalue weighted by Crippen LogP contribution is -2.18. The van der Waals surface area contributed by atoms with Gasteiger partial charge in [-0.05, 0) is 22.9 Å². The first kappa shape index (κ1) is 14.9. The van der Waals surface area contributed by atoms with Gasteiger partial charge in [0.25, 0.3) is 0 Å². The minimum atomic E-state index is -0.416. The molecule has 0 bridgehead atoms. The Morgan fingerprint density at radius 3 is 2.71 bits per heavy atom. The summed E-state index contributed by atoms with van der Waals surface area (Å²) in [5.74, 6) is 0.987. The van der Waals surface area contributed by atoms with E-state index in [1.54, 1.807) is 6.07 Å². The van der Waals surface area contributed by atoms with E-state index < -0.39 is 5.97 Å². The number of rotatable bonds is 2. The third-order valence-corrected chi connectivity index (χ3v) is 4.63. The number of hydrogen-bond acceptors (Lipinski definition) is 6. The van der Waals surface area contributed by atoms with Gasteiger partial charge in [0.05, 0.1) is 5.56 Å². The molecular formula is C17H13N3O3S. The maximum Gasteiger partial charge on any atom is 0.308 e. The molecule has 2 aromatic carbocycles. The summed E-state index contributed by atoms with van der Waals surface area (Å²) in [6.45, 7) is 1.35. The van der Waals surface area contributed by atoms with Crippen LogP contribution in [0, 0.1) is 0 Å². The zero-order valence-corrected chi connectivity index (χ0v) is 13.7. The van der Waals surface area contributed by atoms with Gasteiger partial charge < -0.3 is 4.74 Å². The highest BCUT2D eigenvalue weighted by Crippen LogP contribution is 2.34. The number of ether oxygens (including phenoxy) is 1. The summed E-state index contributed by atoms with van der Waals surface area (Å²) >= 11 is 1.49. The van der Waals surface area contributed by atoms with Gasteiger partial charge in [0.1, 0.15) is 5.75 Å². The van der Waals surface area contributed by atoms with Crippen molar-refractivity contribution in [1.82, 2.24) is 14.8 Å². The van der Waals surface area contributed by atoms with Gasteiger partial charge in [0.2, 0.25) is 5.91 Å². The van der Waals surface area contributed by atoms with Gasteiger partial charge in [0.15, 0.2) is 11.0 Å². The average Bonchev–Trinajstić information content (AvgIpc) is 2.99. The number of benzene rings is 2. The molecule has 0 unspecified atom stereocenters. The van der Waals surface area contributed by atoms with Gasteiger partial charge in [-0.1, -0.05) is 36.0 Å². The molecule has 2 heterocycles. The van der Waals surface area contributed by atoms with Crippen LogP contribution in [0.4, 0.5) is 0 Å². The van der Waals surface area contributed by atoms with Crippen LogP contribution in [0.1, 0.15) is 18.1 Å². The van der Waals surface area contributed by atoms with Crippen LogP contribution >= 0.6 is 11.8 Å². The molecule has 24 heavy (non-hydrogen) atoms. The molecule has 3 aromatic rings. The predicted molar refractivity (Wildman–Crippen MR) is 90.2 cm³/mol. The van der Waals surface area contributed by atoms with Crippen LogP contribution < -0.4 is 4.74 Å². The maximum atomic E-state index is 12.0. The second-order valence-electron chi connectivity index (χ2n) is 5.41. The number of hydrogen-bond donors (Lipinski definition) is 0. The van der Waals surface area contributed by atoms with E-state index in [2.05, 4.69) is 10.1 Å². The van der Waals surface area contributed by atoms with Gasteiger partial charge in [-0.15, -0.1) is 5.10 Å². The van der Waals surface area contributed by atoms with Gasteiger partial charge >= 0.3 is 5.97 Å². The molecule has 0 spiro atoms. The molecule has 0 saturated carbocycles. The number of thioether (sulfide) groups is 1. The lowest BCUT2D eigenvalue weighted by atomic mass is 10.1. The first-order valence-corrected chi connectivity index (χ1v) is 8.45. The van der Waals surface area contributed by atoms with E-state index >= 15 is 0 Å². The molecule has 0 N–H and O–H groups in total. The molecule has 1 aromatic heterocycles. The molecule has 0 saturated heterocycles. The number of fused-ring (bicyclic) bond motifs is 2. The zero-order chi connectivity index (χ0) is 16.7. The lowest BCUT2D eigenvalue weighted by Gasteiger charge is -2.08. The van der Waals surface area contributed by atoms with Crippen LogP contribution in [0.15, 0.2) is 41.6 Å². The molecule has 120 valence electrons. The fraction of sp³-hybridized carbons (Fsp3) is 0.176. The van der Waals surface area contributed by atoms with E-state index in [9.17, 15) is 9.59 Å². The SMILES string of the molecule is CC(=O)Oc1cc2ccccc2cc1-c1nc2n(n1)C(=O)CCS2. The Balaban J connectivity index is 1.91. The second-order valence-corrected chi connectivity index (χ2v) is 6.47. The molecule has 7 heteroatoms. The largest absolute Gasteiger partial charge is 0.426 e. The van der Waals surface area contributed by atoms with E-state index in [1.807, 2.05) is 30.3 Å². The molecule has 1 aliphatic heterocycles. The quantitative estimate of drug-likeness (QED) is 0.527. The standard InChI is InChI=1S/C17H13N3O3S/c1-10(21)23-14-9-12-5-3-2-4-11(12)8-13(14)16-18-17-20(19-16)15(22)6-7-24-17/h2-5,8-9H,6-7H2,1H3. The number of aromatic nitrogens is 3. The third-order valence-electron chi connectivity index (χ3n) is 3.70. The Labute approximate surface area is 141 Å². The fourth-order valence-electron chi connectivity index (χ4n) is 2.64. The smallest absolute Gasteiger partial charge is 0.308 e. The van der Waals surface area contributed by atoms with Crippen molar-refractivity contribution in [3.63, 3.8) is 0 Å². The summed E-state index contributed by atoms with van der Waals surface area (Å²) in [6, 6.07) is 11.4. The van der Waals surface area contributed by atoms with Crippen LogP contribution in [0.25, 0.3) is 22.2 Å². The van der Waals surface area contributed by atoms with Crippen molar-refractivity contribution in [2.75, 3.05) is 5.75 Å². The molecule has 6 nitrogen and oxygen atoms in total. The topological polar surface area (TPSA) is 74.1 Å². The zero-order valence-electron chi connectivity index (χ0n) is 12.9. The van der Waals surface area contributed by atoms with E-state index in [0.29, 0.717) is 34.5 Å². The van der Waals surface area contributed by atoms with Crippen LogP contribution in [0.3, 0.4) is 0 Å². The van der Waals surface area contributed by atoms with E-state index in [-0.39, 0.29) is 5.91 Å². The van der Waals surface area contributed by atoms with Gasteiger partial charge in [-0.25, -0.2) is 4.98 Å². The number of carbonyl (C=O) groups excluding carboxylic acids is 2. The summed E-state index contributed by atoms with van der Waals surface area (Å²) in [7, 11) is 0. The maximum absolute atomic E-state index is 12.0. The summed E-state index contributed by atoms with van der Waals surface area (Å²) in [5, 5.41) is 6.83. The van der Waals surface area contributed by atoms with Crippen molar-refractivity contribution in [3.05, 3.63) is 36.4 Å². The van der Waals surface area contributed by atoms with Gasteiger partial charge in [0, 0.05) is 19.1 Å². The summed E-state index contributed by atoms with van der Waals surface area (Å²) in [6.07, 6.45) is 0.439. The van der Waals surface area contributed by atoms with Crippen LogP contribution in [0.2, 0.25) is 0 Å². The highest BCUT2D eigenvalue weighted by Gasteiger charge is 2.23. The first-order chi connectivity index (χ1) is 11.6. The van der Waals surface area contributed by atoms with Crippen LogP contribution in [0.5, 0.6) is 5.75 Å². The van der Waals surface area contributed by atoms with Crippen molar-refractivity contribution in [2.24, 2.45) is 0 Å². The van der Waals surface area contributed by atoms with Crippen LogP contribution in [-0.4, -0.2) is 32.4 Å². The molecule has 0 aliphatic carbocycles. The molecule has 0 radical (unpaired) electrons. The minimum Gasteiger partial charge on any atom is -0.426 e. The second kappa shape index (κ2) is 5.76. The molecule has 0 atom stereocenters. The Morgan fingerprint density at radius 2 is 2.00 bits per heavy atom. The highest BCUT2D eigenvalue weighted by molar-refractivity contribution is 7.99. The predicted octanol–water partition coefficient (Wildman–Crippen LogP) is 3.16. The van der Waals surface area contributed by atoms with Crippen molar-refractivity contribution in [1.29, 1.82) is 0 Å². The third kappa shape index (κ3) is 2.56. The van der Waals surface area contributed by atoms with E-state index in [1.165, 1.54) is 23.4 Å². The lowest BCUT2D eigenvalue weighted by molar-refractivity contribution is -0.131. The summed E-state index contributed by atoms with van der Waals surface area (Å²) in [4.78, 5) is 27.9. The van der Waals surface area contributed by atoms with Crippen LogP contribution in [-0.2, 0) is 4.79 Å². The molecule has 1 aliphatic rings. The average molecular weight is 339 g/mol. The molecule has 0 fully saturated rings. The first-order valence-electron chi connectivity index (χ1n) is 7.46. The van der Waals surface area contributed by atoms with Crippen molar-refractivity contribution in [3.8, 4) is 17.1 Å². The Bertz CT molecular complexity index is 980. The molecular weight excluding hydrogens is 326 g/mol. The van der Waals surface area contributed by atoms with E-state index in [0.717, 1.165) is 10.8 Å². The van der Waals surface area contributed by atoms with Crippen molar-refractivity contribution < 1.29 is 14.3 Å².